The first kappa shape index (κ1) is 18.8. The quantitative estimate of drug-likeness (QED) is 0.780. The molecule has 2 atom stereocenters. The van der Waals surface area contributed by atoms with Crippen molar-refractivity contribution < 1.29 is 28.6 Å². The van der Waals surface area contributed by atoms with Crippen molar-refractivity contribution in [1.82, 2.24) is 5.32 Å². The van der Waals surface area contributed by atoms with Crippen molar-refractivity contribution in [2.24, 2.45) is 0 Å². The standard InChI is InChI=1S/C20H20FNO5/c21-15-8-6-13(7-9-15)19(17-5-2-10-26-17)22-20(25)14-3-1-4-16(11-14)27-12-18(23)24/h1,3-4,6-9,11,17,19H,2,5,10,12H2,(H,22,25)(H,23,24). The van der Waals surface area contributed by atoms with Crippen LogP contribution in [0.1, 0.15) is 34.8 Å². The summed E-state index contributed by atoms with van der Waals surface area (Å²) in [6, 6.07) is 11.8. The van der Waals surface area contributed by atoms with Crippen molar-refractivity contribution >= 4 is 11.9 Å². The van der Waals surface area contributed by atoms with Gasteiger partial charge < -0.3 is 19.9 Å². The van der Waals surface area contributed by atoms with E-state index in [0.717, 1.165) is 18.4 Å². The number of carboxylic acids is 1. The molecular formula is C20H20FNO5. The Labute approximate surface area is 155 Å². The van der Waals surface area contributed by atoms with E-state index in [1.807, 2.05) is 0 Å². The molecule has 2 unspecified atom stereocenters. The highest BCUT2D eigenvalue weighted by Crippen LogP contribution is 2.28. The maximum absolute atomic E-state index is 13.3. The van der Waals surface area contributed by atoms with E-state index in [0.29, 0.717) is 17.9 Å². The molecule has 1 fully saturated rings. The van der Waals surface area contributed by atoms with E-state index < -0.39 is 18.6 Å². The molecule has 0 spiro atoms. The van der Waals surface area contributed by atoms with Crippen LogP contribution in [0.3, 0.4) is 0 Å². The fourth-order valence-corrected chi connectivity index (χ4v) is 3.02. The van der Waals surface area contributed by atoms with Crippen LogP contribution in [0, 0.1) is 5.82 Å². The number of nitrogens with one attached hydrogen (secondary N) is 1. The molecule has 142 valence electrons. The van der Waals surface area contributed by atoms with Crippen molar-refractivity contribution in [1.29, 1.82) is 0 Å². The lowest BCUT2D eigenvalue weighted by Crippen LogP contribution is -2.36. The number of hydrogen-bond acceptors (Lipinski definition) is 4. The summed E-state index contributed by atoms with van der Waals surface area (Å²) in [6.07, 6.45) is 1.51. The third-order valence-electron chi connectivity index (χ3n) is 4.31. The van der Waals surface area contributed by atoms with Gasteiger partial charge in [0.2, 0.25) is 0 Å². The van der Waals surface area contributed by atoms with E-state index >= 15 is 0 Å². The highest BCUT2D eigenvalue weighted by atomic mass is 19.1. The van der Waals surface area contributed by atoms with Crippen LogP contribution in [0.25, 0.3) is 0 Å². The molecule has 0 aromatic heterocycles. The van der Waals surface area contributed by atoms with Crippen LogP contribution in [0.15, 0.2) is 48.5 Å². The third kappa shape index (κ3) is 5.04. The van der Waals surface area contributed by atoms with Gasteiger partial charge in [-0.05, 0) is 48.7 Å². The van der Waals surface area contributed by atoms with Crippen LogP contribution < -0.4 is 10.1 Å². The minimum Gasteiger partial charge on any atom is -0.482 e. The lowest BCUT2D eigenvalue weighted by molar-refractivity contribution is -0.139. The Kier molecular flexibility index (Phi) is 6.03. The Morgan fingerprint density at radius 3 is 2.70 bits per heavy atom. The number of hydrogen-bond donors (Lipinski definition) is 2. The predicted octanol–water partition coefficient (Wildman–Crippen LogP) is 2.94. The second-order valence-electron chi connectivity index (χ2n) is 6.26. The van der Waals surface area contributed by atoms with Gasteiger partial charge in [0.1, 0.15) is 11.6 Å². The molecule has 1 amide bonds. The molecule has 0 bridgehead atoms. The van der Waals surface area contributed by atoms with Gasteiger partial charge in [0, 0.05) is 12.2 Å². The lowest BCUT2D eigenvalue weighted by Gasteiger charge is -2.25. The molecule has 2 aromatic carbocycles. The summed E-state index contributed by atoms with van der Waals surface area (Å²) in [4.78, 5) is 23.3. The first-order chi connectivity index (χ1) is 13.0. The zero-order valence-electron chi connectivity index (χ0n) is 14.6. The second kappa shape index (κ2) is 8.64. The van der Waals surface area contributed by atoms with Crippen molar-refractivity contribution in [2.45, 2.75) is 25.0 Å². The maximum atomic E-state index is 13.3. The molecule has 27 heavy (non-hydrogen) atoms. The van der Waals surface area contributed by atoms with Crippen molar-refractivity contribution in [3.05, 3.63) is 65.5 Å². The van der Waals surface area contributed by atoms with Gasteiger partial charge in [-0.1, -0.05) is 18.2 Å². The summed E-state index contributed by atoms with van der Waals surface area (Å²) in [5.74, 6) is -1.50. The minimum absolute atomic E-state index is 0.189. The highest BCUT2D eigenvalue weighted by Gasteiger charge is 2.29. The maximum Gasteiger partial charge on any atom is 0.341 e. The van der Waals surface area contributed by atoms with Gasteiger partial charge in [0.25, 0.3) is 5.91 Å². The molecule has 2 N–H and O–H groups in total. The van der Waals surface area contributed by atoms with Crippen LogP contribution in [0.4, 0.5) is 4.39 Å². The monoisotopic (exact) mass is 373 g/mol. The number of rotatable bonds is 7. The fourth-order valence-electron chi connectivity index (χ4n) is 3.02. The van der Waals surface area contributed by atoms with Gasteiger partial charge >= 0.3 is 5.97 Å². The lowest BCUT2D eigenvalue weighted by atomic mass is 9.98. The Morgan fingerprint density at radius 2 is 2.04 bits per heavy atom. The topological polar surface area (TPSA) is 84.9 Å². The van der Waals surface area contributed by atoms with Crippen LogP contribution in [0.5, 0.6) is 5.75 Å². The molecule has 1 aliphatic heterocycles. The molecule has 0 saturated carbocycles. The number of halogens is 1. The van der Waals surface area contributed by atoms with E-state index in [2.05, 4.69) is 5.32 Å². The van der Waals surface area contributed by atoms with Gasteiger partial charge in [-0.25, -0.2) is 9.18 Å². The first-order valence-electron chi connectivity index (χ1n) is 8.65. The van der Waals surface area contributed by atoms with Crippen LogP contribution >= 0.6 is 0 Å². The van der Waals surface area contributed by atoms with E-state index in [1.165, 1.54) is 18.2 Å². The molecule has 1 aliphatic rings. The van der Waals surface area contributed by atoms with Crippen LogP contribution in [0.2, 0.25) is 0 Å². The number of amides is 1. The summed E-state index contributed by atoms with van der Waals surface area (Å²) in [6.45, 7) is 0.135. The summed E-state index contributed by atoms with van der Waals surface area (Å²) in [5.41, 5.74) is 1.10. The fraction of sp³-hybridized carbons (Fsp3) is 0.300. The molecule has 0 aliphatic carbocycles. The van der Waals surface area contributed by atoms with Gasteiger partial charge in [-0.2, -0.15) is 0 Å². The Hall–Kier alpha value is -2.93. The number of ether oxygens (including phenoxy) is 2. The average molecular weight is 373 g/mol. The Morgan fingerprint density at radius 1 is 1.26 bits per heavy atom. The van der Waals surface area contributed by atoms with E-state index in [1.54, 1.807) is 30.3 Å². The molecule has 3 rings (SSSR count). The van der Waals surface area contributed by atoms with E-state index in [4.69, 9.17) is 14.6 Å². The van der Waals surface area contributed by atoms with Gasteiger partial charge in [0.15, 0.2) is 6.61 Å². The van der Waals surface area contributed by atoms with Crippen LogP contribution in [-0.2, 0) is 9.53 Å². The molecule has 6 nitrogen and oxygen atoms in total. The molecule has 2 aromatic rings. The summed E-state index contributed by atoms with van der Waals surface area (Å²) >= 11 is 0. The van der Waals surface area contributed by atoms with Gasteiger partial charge in [-0.15, -0.1) is 0 Å². The van der Waals surface area contributed by atoms with E-state index in [-0.39, 0.29) is 17.8 Å². The zero-order chi connectivity index (χ0) is 19.2. The van der Waals surface area contributed by atoms with Crippen molar-refractivity contribution in [3.8, 4) is 5.75 Å². The van der Waals surface area contributed by atoms with E-state index in [9.17, 15) is 14.0 Å². The molecular weight excluding hydrogens is 353 g/mol. The Bertz CT molecular complexity index is 802. The molecule has 1 saturated heterocycles. The van der Waals surface area contributed by atoms with Gasteiger partial charge in [-0.3, -0.25) is 4.79 Å². The summed E-state index contributed by atoms with van der Waals surface area (Å²) < 4.78 is 24.1. The molecule has 1 heterocycles. The van der Waals surface area contributed by atoms with Crippen molar-refractivity contribution in [2.75, 3.05) is 13.2 Å². The van der Waals surface area contributed by atoms with Crippen molar-refractivity contribution in [3.63, 3.8) is 0 Å². The van der Waals surface area contributed by atoms with Gasteiger partial charge in [0.05, 0.1) is 12.1 Å². The average Bonchev–Trinajstić information content (AvgIpc) is 3.20. The molecule has 7 heteroatoms. The number of aliphatic carboxylic acids is 1. The number of carbonyl (C=O) groups excluding carboxylic acids is 1. The smallest absolute Gasteiger partial charge is 0.341 e. The number of benzene rings is 2. The summed E-state index contributed by atoms with van der Waals surface area (Å²) in [7, 11) is 0. The molecule has 0 radical (unpaired) electrons. The zero-order valence-corrected chi connectivity index (χ0v) is 14.6. The van der Waals surface area contributed by atoms with Crippen LogP contribution in [-0.4, -0.2) is 36.3 Å². The summed E-state index contributed by atoms with van der Waals surface area (Å²) in [5, 5.41) is 11.6. The third-order valence-corrected chi connectivity index (χ3v) is 4.31. The Balaban J connectivity index is 1.77. The number of carboxylic acid groups (broad SMARTS) is 1. The minimum atomic E-state index is -1.10. The number of carbonyl (C=O) groups is 2. The highest BCUT2D eigenvalue weighted by molar-refractivity contribution is 5.94. The second-order valence-corrected chi connectivity index (χ2v) is 6.26. The normalized spacial score (nSPS) is 17.3. The largest absolute Gasteiger partial charge is 0.482 e. The SMILES string of the molecule is O=C(O)COc1cccc(C(=O)NC(c2ccc(F)cc2)C2CCCO2)c1. The first-order valence-corrected chi connectivity index (χ1v) is 8.65. The predicted molar refractivity (Wildman–Crippen MR) is 95.2 cm³/mol.